The predicted molar refractivity (Wildman–Crippen MR) is 240 cm³/mol. The minimum Gasteiger partial charge on any atom is -0.484 e. The first-order valence-electron chi connectivity index (χ1n) is 19.7. The molecule has 4 heteroatoms. The van der Waals surface area contributed by atoms with Crippen LogP contribution in [-0.2, 0) is 0 Å². The predicted octanol–water partition coefficient (Wildman–Crippen LogP) is 13.4. The maximum Gasteiger partial charge on any atom is 0.164 e. The average molecular weight is 746 g/mol. The summed E-state index contributed by atoms with van der Waals surface area (Å²) in [6.07, 6.45) is 10.4. The van der Waals surface area contributed by atoms with Crippen molar-refractivity contribution in [1.82, 2.24) is 15.0 Å². The van der Waals surface area contributed by atoms with Gasteiger partial charge in [-0.05, 0) is 80.9 Å². The topological polar surface area (TPSA) is 47.9 Å². The van der Waals surface area contributed by atoms with Crippen molar-refractivity contribution in [2.75, 3.05) is 0 Å². The van der Waals surface area contributed by atoms with Gasteiger partial charge in [-0.15, -0.1) is 0 Å². The molecule has 1 aliphatic heterocycles. The molecule has 0 radical (unpaired) electrons. The smallest absolute Gasteiger partial charge is 0.164 e. The van der Waals surface area contributed by atoms with Gasteiger partial charge >= 0.3 is 0 Å². The summed E-state index contributed by atoms with van der Waals surface area (Å²) < 4.78 is 6.80. The highest BCUT2D eigenvalue weighted by molar-refractivity contribution is 5.92. The standard InChI is InChI=1S/C54H39N3O/c1-3-13-40-32-42(28-22-35(40)4-2)37-23-26-39(27-24-37)53-55-52(38-15-6-5-7-16-38)56-54(57-53)45-19-12-18-43(34-45)46-30-31-47(44-29-25-36-14-8-9-17-41(36)33-44)51-50(46)48-20-10-11-21-49(48)58-51/h3-34,50-51H,2H2,1H3/b13-3-. The number of aromatic nitrogens is 3. The minimum atomic E-state index is -0.159. The summed E-state index contributed by atoms with van der Waals surface area (Å²) in [5.41, 5.74) is 13.1. The van der Waals surface area contributed by atoms with E-state index < -0.39 is 0 Å². The molecule has 2 aliphatic rings. The molecule has 2 heterocycles. The van der Waals surface area contributed by atoms with E-state index in [4.69, 9.17) is 19.7 Å². The number of hydrogen-bond acceptors (Lipinski definition) is 4. The van der Waals surface area contributed by atoms with Crippen LogP contribution in [0.5, 0.6) is 5.75 Å². The Morgan fingerprint density at radius 2 is 1.09 bits per heavy atom. The highest BCUT2D eigenvalue weighted by Gasteiger charge is 2.41. The second kappa shape index (κ2) is 14.9. The lowest BCUT2D eigenvalue weighted by molar-refractivity contribution is 0.281. The molecule has 7 aromatic carbocycles. The second-order valence-electron chi connectivity index (χ2n) is 14.7. The summed E-state index contributed by atoms with van der Waals surface area (Å²) in [6.45, 7) is 6.02. The maximum atomic E-state index is 6.80. The van der Waals surface area contributed by atoms with Crippen LogP contribution in [0, 0.1) is 0 Å². The van der Waals surface area contributed by atoms with Crippen LogP contribution in [0.3, 0.4) is 0 Å². The number of benzene rings is 7. The van der Waals surface area contributed by atoms with Gasteiger partial charge in [-0.1, -0.05) is 176 Å². The summed E-state index contributed by atoms with van der Waals surface area (Å²) in [6, 6.07) is 57.3. The molecule has 0 saturated carbocycles. The Hall–Kier alpha value is -7.43. The quantitative estimate of drug-likeness (QED) is 0.155. The summed E-state index contributed by atoms with van der Waals surface area (Å²) in [4.78, 5) is 15.2. The molecule has 58 heavy (non-hydrogen) atoms. The van der Waals surface area contributed by atoms with Gasteiger partial charge in [0.1, 0.15) is 11.9 Å². The van der Waals surface area contributed by atoms with E-state index in [1.165, 1.54) is 33.0 Å². The van der Waals surface area contributed by atoms with E-state index in [-0.39, 0.29) is 12.0 Å². The van der Waals surface area contributed by atoms with Gasteiger partial charge in [-0.2, -0.15) is 0 Å². The first-order valence-corrected chi connectivity index (χ1v) is 19.7. The van der Waals surface area contributed by atoms with Crippen LogP contribution in [0.25, 0.3) is 79.4 Å². The van der Waals surface area contributed by atoms with Crippen LogP contribution in [0.15, 0.2) is 189 Å². The molecule has 0 bridgehead atoms. The van der Waals surface area contributed by atoms with Gasteiger partial charge in [-0.3, -0.25) is 0 Å². The molecule has 0 saturated heterocycles. The van der Waals surface area contributed by atoms with Crippen molar-refractivity contribution in [3.8, 4) is 51.0 Å². The highest BCUT2D eigenvalue weighted by Crippen LogP contribution is 2.52. The number of allylic oxidation sites excluding steroid dienone is 3. The molecule has 0 N–H and O–H groups in total. The van der Waals surface area contributed by atoms with Crippen LogP contribution < -0.4 is 4.74 Å². The van der Waals surface area contributed by atoms with Crippen LogP contribution in [0.4, 0.5) is 0 Å². The normalized spacial score (nSPS) is 15.7. The van der Waals surface area contributed by atoms with Crippen molar-refractivity contribution in [3.05, 3.63) is 216 Å². The number of fused-ring (bicyclic) bond motifs is 4. The fourth-order valence-electron chi connectivity index (χ4n) is 8.33. The summed E-state index contributed by atoms with van der Waals surface area (Å²) in [5.74, 6) is 2.82. The fraction of sp³-hybridized carbons (Fsp3) is 0.0556. The van der Waals surface area contributed by atoms with Gasteiger partial charge in [-0.25, -0.2) is 15.0 Å². The van der Waals surface area contributed by atoms with Gasteiger partial charge in [0.2, 0.25) is 0 Å². The first-order chi connectivity index (χ1) is 28.6. The van der Waals surface area contributed by atoms with Crippen LogP contribution in [-0.4, -0.2) is 21.1 Å². The Morgan fingerprint density at radius 1 is 0.483 bits per heavy atom. The third-order valence-corrected chi connectivity index (χ3v) is 11.2. The number of rotatable bonds is 8. The third-order valence-electron chi connectivity index (χ3n) is 11.2. The van der Waals surface area contributed by atoms with E-state index in [0.29, 0.717) is 17.5 Å². The Morgan fingerprint density at radius 3 is 1.88 bits per heavy atom. The summed E-state index contributed by atoms with van der Waals surface area (Å²) >= 11 is 0. The van der Waals surface area contributed by atoms with Crippen LogP contribution in [0.2, 0.25) is 0 Å². The molecular weight excluding hydrogens is 707 g/mol. The van der Waals surface area contributed by atoms with E-state index in [2.05, 4.69) is 164 Å². The molecule has 10 rings (SSSR count). The minimum absolute atomic E-state index is 0.0206. The molecule has 1 aromatic heterocycles. The zero-order chi connectivity index (χ0) is 39.0. The molecule has 2 atom stereocenters. The van der Waals surface area contributed by atoms with Crippen LogP contribution in [0.1, 0.15) is 40.7 Å². The van der Waals surface area contributed by atoms with Crippen molar-refractivity contribution in [3.63, 3.8) is 0 Å². The average Bonchev–Trinajstić information content (AvgIpc) is 3.69. The third kappa shape index (κ3) is 6.45. The van der Waals surface area contributed by atoms with Crippen molar-refractivity contribution >= 4 is 34.1 Å². The lowest BCUT2D eigenvalue weighted by Gasteiger charge is -2.28. The molecular formula is C54H39N3O. The molecule has 2 unspecified atom stereocenters. The van der Waals surface area contributed by atoms with E-state index in [9.17, 15) is 0 Å². The Kier molecular flexibility index (Phi) is 9.00. The summed E-state index contributed by atoms with van der Waals surface area (Å²) in [5, 5.41) is 2.44. The van der Waals surface area contributed by atoms with Gasteiger partial charge in [0, 0.05) is 27.8 Å². The summed E-state index contributed by atoms with van der Waals surface area (Å²) in [7, 11) is 0. The first kappa shape index (κ1) is 35.0. The molecule has 276 valence electrons. The number of nitrogens with zero attached hydrogens (tertiary/aromatic N) is 3. The Labute approximate surface area is 338 Å². The van der Waals surface area contributed by atoms with Gasteiger partial charge in [0.25, 0.3) is 0 Å². The number of para-hydroxylation sites is 1. The lowest BCUT2D eigenvalue weighted by Crippen LogP contribution is -2.24. The number of hydrogen-bond donors (Lipinski definition) is 0. The largest absolute Gasteiger partial charge is 0.484 e. The molecule has 4 nitrogen and oxygen atoms in total. The highest BCUT2D eigenvalue weighted by atomic mass is 16.5. The lowest BCUT2D eigenvalue weighted by atomic mass is 9.76. The van der Waals surface area contributed by atoms with E-state index in [1.807, 2.05) is 43.3 Å². The molecule has 0 fully saturated rings. The van der Waals surface area contributed by atoms with E-state index >= 15 is 0 Å². The molecule has 0 spiro atoms. The SMILES string of the molecule is C=Cc1ccc(-c2ccc(-c3nc(-c4ccccc4)nc(-c4cccc(C5=CC=C(c6ccc7ccccc7c6)C6Oc7ccccc7C56)c4)n3)cc2)cc1/C=C\C. The van der Waals surface area contributed by atoms with Gasteiger partial charge in [0.05, 0.1) is 5.92 Å². The maximum absolute atomic E-state index is 6.80. The molecule has 8 aromatic rings. The zero-order valence-electron chi connectivity index (χ0n) is 32.1. The molecule has 1 aliphatic carbocycles. The monoisotopic (exact) mass is 745 g/mol. The van der Waals surface area contributed by atoms with Crippen molar-refractivity contribution < 1.29 is 4.74 Å². The van der Waals surface area contributed by atoms with Crippen molar-refractivity contribution in [1.29, 1.82) is 0 Å². The van der Waals surface area contributed by atoms with Gasteiger partial charge < -0.3 is 4.74 Å². The van der Waals surface area contributed by atoms with Gasteiger partial charge in [0.15, 0.2) is 17.5 Å². The second-order valence-corrected chi connectivity index (χ2v) is 14.7. The Balaban J connectivity index is 1.05. The fourth-order valence-corrected chi connectivity index (χ4v) is 8.33. The van der Waals surface area contributed by atoms with E-state index in [0.717, 1.165) is 50.3 Å². The zero-order valence-corrected chi connectivity index (χ0v) is 32.1. The van der Waals surface area contributed by atoms with Crippen LogP contribution >= 0.6 is 0 Å². The van der Waals surface area contributed by atoms with Crippen molar-refractivity contribution in [2.45, 2.75) is 18.9 Å². The van der Waals surface area contributed by atoms with E-state index in [1.54, 1.807) is 0 Å². The van der Waals surface area contributed by atoms with Crippen molar-refractivity contribution in [2.24, 2.45) is 0 Å². The molecule has 0 amide bonds. The number of ether oxygens (including phenoxy) is 1. The Bertz CT molecular complexity index is 2960.